The molecule has 29 heteroatoms. The summed E-state index contributed by atoms with van der Waals surface area (Å²) in [5.41, 5.74) is 29.0. The predicted molar refractivity (Wildman–Crippen MR) is 295 cm³/mol. The van der Waals surface area contributed by atoms with Crippen molar-refractivity contribution in [3.05, 3.63) is 54.1 Å². The summed E-state index contributed by atoms with van der Waals surface area (Å²) < 4.78 is 0. The van der Waals surface area contributed by atoms with E-state index in [0.29, 0.717) is 17.7 Å². The molecule has 0 radical (unpaired) electrons. The van der Waals surface area contributed by atoms with Crippen LogP contribution >= 0.6 is 0 Å². The highest BCUT2D eigenvalue weighted by Gasteiger charge is 2.36. The van der Waals surface area contributed by atoms with E-state index in [9.17, 15) is 58.2 Å². The number of carboxylic acids is 2. The fourth-order valence-corrected chi connectivity index (χ4v) is 7.94. The smallest absolute Gasteiger partial charge is 0.326 e. The molecule has 1 aromatic heterocycles. The van der Waals surface area contributed by atoms with Crippen molar-refractivity contribution in [2.75, 3.05) is 13.1 Å². The number of rotatable bonds is 36. The van der Waals surface area contributed by atoms with Gasteiger partial charge in [-0.25, -0.2) is 9.78 Å². The Labute approximate surface area is 464 Å². The van der Waals surface area contributed by atoms with Crippen LogP contribution in [-0.4, -0.2) is 159 Å². The Hall–Kier alpha value is -8.37. The highest BCUT2D eigenvalue weighted by Crippen LogP contribution is 2.12. The number of aliphatic imine (C=N–C) groups is 2. The van der Waals surface area contributed by atoms with Gasteiger partial charge < -0.3 is 86.4 Å². The highest BCUT2D eigenvalue weighted by molar-refractivity contribution is 5.99. The van der Waals surface area contributed by atoms with Crippen molar-refractivity contribution in [1.29, 1.82) is 0 Å². The lowest BCUT2D eigenvalue weighted by molar-refractivity contribution is -0.143. The summed E-state index contributed by atoms with van der Waals surface area (Å²) in [5.74, 6) is -11.0. The summed E-state index contributed by atoms with van der Waals surface area (Å²) in [7, 11) is 0. The first-order valence-electron chi connectivity index (χ1n) is 26.3. The first kappa shape index (κ1) is 67.7. The number of aromatic amines is 1. The van der Waals surface area contributed by atoms with Gasteiger partial charge in [0, 0.05) is 37.8 Å². The van der Waals surface area contributed by atoms with Crippen molar-refractivity contribution in [1.82, 2.24) is 52.5 Å². The molecule has 0 unspecified atom stereocenters. The van der Waals surface area contributed by atoms with E-state index in [-0.39, 0.29) is 81.8 Å². The van der Waals surface area contributed by atoms with Crippen LogP contribution in [-0.2, 0) is 60.8 Å². The highest BCUT2D eigenvalue weighted by atomic mass is 16.4. The SMILES string of the molecule is CC(C)C[C@H](NC(=O)[C@@H](N)CC(C)C)C(=O)N[C@@H](CCCN=C(N)N)C(=O)N[C@@H](CCCN=C(N)N)C(=O)N[C@@H](C)C(=O)N[C@@H](CC(=O)O)C(=O)N[C@@H](Cc1ccccc1)C(=O)N[C@@H](Cc1cnc[nH]1)C(=O)N[C@H](C(=O)O)C(C)C. The van der Waals surface area contributed by atoms with Gasteiger partial charge in [0.15, 0.2) is 11.9 Å². The third-order valence-corrected chi connectivity index (χ3v) is 12.1. The number of nitrogens with one attached hydrogen (secondary N) is 9. The van der Waals surface area contributed by atoms with E-state index in [4.69, 9.17) is 28.7 Å². The average Bonchev–Trinajstić information content (AvgIpc) is 3.89. The molecule has 444 valence electrons. The molecular weight excluding hydrogens is 1040 g/mol. The maximum atomic E-state index is 14.2. The predicted octanol–water partition coefficient (Wildman–Crippen LogP) is -3.16. The van der Waals surface area contributed by atoms with E-state index >= 15 is 0 Å². The van der Waals surface area contributed by atoms with Gasteiger partial charge in [-0.2, -0.15) is 0 Å². The molecule has 1 aromatic carbocycles. The molecule has 29 nitrogen and oxygen atoms in total. The molecule has 21 N–H and O–H groups in total. The third kappa shape index (κ3) is 25.9. The zero-order valence-corrected chi connectivity index (χ0v) is 46.5. The molecule has 0 saturated carbocycles. The lowest BCUT2D eigenvalue weighted by Crippen LogP contribution is -2.60. The summed E-state index contributed by atoms with van der Waals surface area (Å²) in [4.78, 5) is 150. The van der Waals surface area contributed by atoms with E-state index in [1.54, 1.807) is 44.2 Å². The van der Waals surface area contributed by atoms with Crippen LogP contribution in [0.5, 0.6) is 0 Å². The summed E-state index contributed by atoms with van der Waals surface area (Å²) in [6, 6.07) is -4.16. The number of amides is 8. The van der Waals surface area contributed by atoms with E-state index in [0.717, 1.165) is 0 Å². The number of carbonyl (C=O) groups is 10. The van der Waals surface area contributed by atoms with Crippen LogP contribution in [0.4, 0.5) is 0 Å². The molecule has 0 aliphatic carbocycles. The fourth-order valence-electron chi connectivity index (χ4n) is 7.94. The maximum absolute atomic E-state index is 14.2. The number of guanidine groups is 2. The van der Waals surface area contributed by atoms with Gasteiger partial charge in [0.25, 0.3) is 0 Å². The minimum absolute atomic E-state index is 0.00290. The zero-order valence-electron chi connectivity index (χ0n) is 46.5. The lowest BCUT2D eigenvalue weighted by atomic mass is 10.00. The fraction of sp³-hybridized carbons (Fsp3) is 0.588. The quantitative estimate of drug-likeness (QED) is 0.0182. The molecule has 80 heavy (non-hydrogen) atoms. The molecule has 1 heterocycles. The van der Waals surface area contributed by atoms with Crippen LogP contribution in [0.2, 0.25) is 0 Å². The maximum Gasteiger partial charge on any atom is 0.326 e. The number of hydrogen-bond donors (Lipinski definition) is 16. The number of carboxylic acid groups (broad SMARTS) is 2. The summed E-state index contributed by atoms with van der Waals surface area (Å²) in [6.45, 7) is 11.9. The van der Waals surface area contributed by atoms with Gasteiger partial charge in [-0.1, -0.05) is 71.9 Å². The molecule has 0 bridgehead atoms. The molecule has 0 aliphatic heterocycles. The van der Waals surface area contributed by atoms with Gasteiger partial charge in [0.05, 0.1) is 18.8 Å². The number of benzene rings is 1. The number of aromatic nitrogens is 2. The van der Waals surface area contributed by atoms with Crippen LogP contribution in [0.25, 0.3) is 0 Å². The van der Waals surface area contributed by atoms with Gasteiger partial charge in [0.1, 0.15) is 48.3 Å². The van der Waals surface area contributed by atoms with E-state index in [1.165, 1.54) is 19.4 Å². The largest absolute Gasteiger partial charge is 0.481 e. The second-order valence-electron chi connectivity index (χ2n) is 20.5. The van der Waals surface area contributed by atoms with E-state index < -0.39 is 126 Å². The van der Waals surface area contributed by atoms with Gasteiger partial charge in [-0.15, -0.1) is 0 Å². The summed E-state index contributed by atoms with van der Waals surface area (Å²) >= 11 is 0. The topological polar surface area (TPSA) is 491 Å². The number of carbonyl (C=O) groups excluding carboxylic acids is 8. The van der Waals surface area contributed by atoms with E-state index in [1.807, 2.05) is 27.7 Å². The van der Waals surface area contributed by atoms with Crippen molar-refractivity contribution in [2.24, 2.45) is 56.4 Å². The Morgan fingerprint density at radius 3 is 1.48 bits per heavy atom. The van der Waals surface area contributed by atoms with Crippen LogP contribution < -0.4 is 71.2 Å². The minimum Gasteiger partial charge on any atom is -0.481 e. The molecule has 8 amide bonds. The summed E-state index contributed by atoms with van der Waals surface area (Å²) in [5, 5.41) is 39.9. The van der Waals surface area contributed by atoms with E-state index in [2.05, 4.69) is 62.5 Å². The molecule has 0 saturated heterocycles. The van der Waals surface area contributed by atoms with Crippen molar-refractivity contribution >= 4 is 71.1 Å². The Kier molecular flexibility index (Phi) is 29.2. The average molecular weight is 1130 g/mol. The number of aliphatic carboxylic acids is 2. The lowest BCUT2D eigenvalue weighted by Gasteiger charge is -2.27. The van der Waals surface area contributed by atoms with Gasteiger partial charge in [0.2, 0.25) is 47.3 Å². The van der Waals surface area contributed by atoms with Crippen molar-refractivity contribution in [3.8, 4) is 0 Å². The third-order valence-electron chi connectivity index (χ3n) is 12.1. The number of hydrogen-bond acceptors (Lipinski definition) is 14. The van der Waals surface area contributed by atoms with Gasteiger partial charge in [-0.3, -0.25) is 53.1 Å². The zero-order chi connectivity index (χ0) is 60.2. The second kappa shape index (κ2) is 34.5. The molecule has 9 atom stereocenters. The Morgan fingerprint density at radius 2 is 1.00 bits per heavy atom. The van der Waals surface area contributed by atoms with Crippen molar-refractivity contribution in [2.45, 2.75) is 161 Å². The Morgan fingerprint density at radius 1 is 0.550 bits per heavy atom. The first-order chi connectivity index (χ1) is 37.6. The van der Waals surface area contributed by atoms with Gasteiger partial charge >= 0.3 is 11.9 Å². The van der Waals surface area contributed by atoms with Crippen LogP contribution in [0, 0.1) is 17.8 Å². The number of nitrogens with zero attached hydrogens (tertiary/aromatic N) is 3. The molecule has 2 aromatic rings. The Bertz CT molecular complexity index is 2430. The van der Waals surface area contributed by atoms with Crippen LogP contribution in [0.15, 0.2) is 52.8 Å². The molecular formula is C51H83N17O12. The van der Waals surface area contributed by atoms with Crippen molar-refractivity contribution < 1.29 is 58.2 Å². The standard InChI is InChI=1S/C51H83N17O12/c1-26(2)19-32(52)42(72)65-35(20-27(3)4)45(75)63-34(16-12-18-59-51(55)56)44(74)62-33(15-11-17-58-50(53)54)43(73)61-29(7)41(71)64-38(23-39(69)70)47(77)66-36(21-30-13-9-8-10-14-30)46(76)67-37(22-31-24-57-25-60-31)48(78)68-40(28(5)6)49(79)80/h8-10,13-14,24-29,32-38,40H,11-12,15-23,52H2,1-7H3,(H,57,60)(H,61,73)(H,62,74)(H,63,75)(H,64,71)(H,65,72)(H,66,77)(H,67,76)(H,68,78)(H,69,70)(H,79,80)(H4,53,54,58)(H4,55,56,59)/t29-,32-,33-,34-,35-,36-,37-,38-,40-/m0/s1. The molecule has 0 spiro atoms. The normalized spacial score (nSPS) is 14.5. The number of nitrogens with two attached hydrogens (primary N) is 5. The Balaban J connectivity index is 2.45. The summed E-state index contributed by atoms with van der Waals surface area (Å²) in [6.07, 6.45) is 1.90. The first-order valence-corrected chi connectivity index (χ1v) is 26.3. The number of imidazole rings is 1. The monoisotopic (exact) mass is 1130 g/mol. The second-order valence-corrected chi connectivity index (χ2v) is 20.5. The molecule has 2 rings (SSSR count). The molecule has 0 fully saturated rings. The van der Waals surface area contributed by atoms with Crippen LogP contribution in [0.3, 0.4) is 0 Å². The minimum atomic E-state index is -1.87. The van der Waals surface area contributed by atoms with Gasteiger partial charge in [-0.05, 0) is 68.8 Å². The van der Waals surface area contributed by atoms with Crippen LogP contribution in [0.1, 0.15) is 105 Å². The van der Waals surface area contributed by atoms with Crippen molar-refractivity contribution in [3.63, 3.8) is 0 Å². The number of H-pyrrole nitrogens is 1. The molecule has 0 aliphatic rings.